The molecule has 2 aromatic carbocycles. The number of cyclic esters (lactones) is 1. The van der Waals surface area contributed by atoms with E-state index in [0.717, 1.165) is 12.8 Å². The summed E-state index contributed by atoms with van der Waals surface area (Å²) in [6.45, 7) is 0.251. The third-order valence-electron chi connectivity index (χ3n) is 6.35. The second-order valence-electron chi connectivity index (χ2n) is 7.91. The predicted molar refractivity (Wildman–Crippen MR) is 104 cm³/mol. The second kappa shape index (κ2) is 6.97. The highest BCUT2D eigenvalue weighted by atomic mass is 16.6. The van der Waals surface area contributed by atoms with E-state index in [1.807, 2.05) is 24.3 Å². The van der Waals surface area contributed by atoms with Gasteiger partial charge >= 0.3 is 12.1 Å². The summed E-state index contributed by atoms with van der Waals surface area (Å²) in [5.74, 6) is 0.223. The molecule has 1 aliphatic heterocycles. The number of fused-ring (bicyclic) bond motifs is 3. The van der Waals surface area contributed by atoms with Crippen LogP contribution in [0.2, 0.25) is 0 Å². The monoisotopic (exact) mass is 377 g/mol. The van der Waals surface area contributed by atoms with E-state index in [-0.39, 0.29) is 25.2 Å². The van der Waals surface area contributed by atoms with E-state index in [4.69, 9.17) is 9.47 Å². The molecule has 0 bridgehead atoms. The van der Waals surface area contributed by atoms with Crippen LogP contribution < -0.4 is 0 Å². The fraction of sp³-hybridized carbons (Fsp3) is 0.391. The van der Waals surface area contributed by atoms with Gasteiger partial charge in [-0.2, -0.15) is 0 Å². The molecule has 2 aliphatic carbocycles. The zero-order valence-corrected chi connectivity index (χ0v) is 15.7. The zero-order chi connectivity index (χ0) is 19.1. The summed E-state index contributed by atoms with van der Waals surface area (Å²) in [7, 11) is 0. The highest BCUT2D eigenvalue weighted by Crippen LogP contribution is 2.44. The van der Waals surface area contributed by atoms with Crippen molar-refractivity contribution in [2.24, 2.45) is 5.92 Å². The maximum Gasteiger partial charge on any atom is 0.413 e. The van der Waals surface area contributed by atoms with E-state index < -0.39 is 12.1 Å². The third kappa shape index (κ3) is 2.86. The van der Waals surface area contributed by atoms with Gasteiger partial charge in [-0.25, -0.2) is 9.59 Å². The zero-order valence-electron chi connectivity index (χ0n) is 15.7. The van der Waals surface area contributed by atoms with Crippen LogP contribution in [0.4, 0.5) is 4.79 Å². The Kier molecular flexibility index (Phi) is 4.30. The van der Waals surface area contributed by atoms with Gasteiger partial charge < -0.3 is 9.47 Å². The number of hydrogen-bond acceptors (Lipinski definition) is 4. The summed E-state index contributed by atoms with van der Waals surface area (Å²) >= 11 is 0. The smallest absolute Gasteiger partial charge is 0.413 e. The molecule has 1 amide bonds. The molecule has 5 rings (SSSR count). The van der Waals surface area contributed by atoms with Crippen molar-refractivity contribution >= 4 is 12.1 Å². The van der Waals surface area contributed by atoms with Crippen LogP contribution in [0.15, 0.2) is 48.5 Å². The molecule has 5 nitrogen and oxygen atoms in total. The molecule has 1 heterocycles. The van der Waals surface area contributed by atoms with Crippen molar-refractivity contribution in [2.75, 3.05) is 13.3 Å². The first-order valence-electron chi connectivity index (χ1n) is 10.0. The Morgan fingerprint density at radius 3 is 2.29 bits per heavy atom. The summed E-state index contributed by atoms with van der Waals surface area (Å²) in [4.78, 5) is 26.3. The summed E-state index contributed by atoms with van der Waals surface area (Å²) in [6, 6.07) is 16.0. The van der Waals surface area contributed by atoms with Crippen LogP contribution in [0.1, 0.15) is 42.7 Å². The van der Waals surface area contributed by atoms with Crippen molar-refractivity contribution in [1.82, 2.24) is 4.90 Å². The third-order valence-corrected chi connectivity index (χ3v) is 6.35. The lowest BCUT2D eigenvalue weighted by Gasteiger charge is -2.29. The van der Waals surface area contributed by atoms with Gasteiger partial charge in [-0.05, 0) is 34.6 Å². The highest BCUT2D eigenvalue weighted by Gasteiger charge is 2.41. The minimum atomic E-state index is -0.499. The van der Waals surface area contributed by atoms with Crippen LogP contribution in [0.25, 0.3) is 11.1 Å². The summed E-state index contributed by atoms with van der Waals surface area (Å²) in [5.41, 5.74) is 4.75. The Balaban J connectivity index is 1.31. The maximum absolute atomic E-state index is 12.7. The van der Waals surface area contributed by atoms with Gasteiger partial charge in [-0.3, -0.25) is 4.90 Å². The molecule has 0 aromatic heterocycles. The molecule has 2 fully saturated rings. The first kappa shape index (κ1) is 17.3. The van der Waals surface area contributed by atoms with Crippen molar-refractivity contribution < 1.29 is 19.1 Å². The van der Waals surface area contributed by atoms with Gasteiger partial charge in [-0.15, -0.1) is 0 Å². The summed E-state index contributed by atoms with van der Waals surface area (Å²) < 4.78 is 10.8. The van der Waals surface area contributed by atoms with Crippen LogP contribution in [0.5, 0.6) is 0 Å². The molecule has 3 aliphatic rings. The van der Waals surface area contributed by atoms with Crippen molar-refractivity contribution in [3.05, 3.63) is 59.7 Å². The van der Waals surface area contributed by atoms with E-state index >= 15 is 0 Å². The van der Waals surface area contributed by atoms with E-state index in [1.54, 1.807) is 0 Å². The fourth-order valence-corrected chi connectivity index (χ4v) is 4.57. The molecule has 0 unspecified atom stereocenters. The molecule has 1 saturated carbocycles. The average Bonchev–Trinajstić information content (AvgIpc) is 3.21. The number of carbonyl (C=O) groups is 2. The van der Waals surface area contributed by atoms with E-state index in [9.17, 15) is 9.59 Å². The quantitative estimate of drug-likeness (QED) is 0.745. The van der Waals surface area contributed by atoms with Crippen LogP contribution in [-0.4, -0.2) is 36.3 Å². The Bertz CT molecular complexity index is 875. The van der Waals surface area contributed by atoms with Gasteiger partial charge in [-0.1, -0.05) is 67.8 Å². The Hall–Kier alpha value is -2.82. The fourth-order valence-electron chi connectivity index (χ4n) is 4.57. The van der Waals surface area contributed by atoms with Gasteiger partial charge in [0.15, 0.2) is 6.73 Å². The molecule has 1 atom stereocenters. The van der Waals surface area contributed by atoms with Crippen molar-refractivity contribution in [3.63, 3.8) is 0 Å². The SMILES string of the molecule is O=C1OCN(C(=O)OCC2c3ccccc3-c3ccccc32)[C@H]1CC1CCC1. The highest BCUT2D eigenvalue weighted by molar-refractivity contribution is 5.84. The minimum absolute atomic E-state index is 0.00705. The van der Waals surface area contributed by atoms with Crippen LogP contribution >= 0.6 is 0 Å². The maximum atomic E-state index is 12.7. The Morgan fingerprint density at radius 2 is 1.68 bits per heavy atom. The molecule has 0 N–H and O–H groups in total. The summed E-state index contributed by atoms with van der Waals surface area (Å²) in [6.07, 6.45) is 3.68. The molecule has 144 valence electrons. The number of ether oxygens (including phenoxy) is 2. The molecule has 2 aromatic rings. The molecular weight excluding hydrogens is 354 g/mol. The van der Waals surface area contributed by atoms with Crippen molar-refractivity contribution in [2.45, 2.75) is 37.6 Å². The van der Waals surface area contributed by atoms with Crippen LogP contribution in [0, 0.1) is 5.92 Å². The molecule has 5 heteroatoms. The molecule has 1 saturated heterocycles. The predicted octanol–water partition coefficient (Wildman–Crippen LogP) is 4.31. The number of rotatable bonds is 4. The summed E-state index contributed by atoms with van der Waals surface area (Å²) in [5, 5.41) is 0. The molecular formula is C23H23NO4. The topological polar surface area (TPSA) is 55.8 Å². The van der Waals surface area contributed by atoms with E-state index in [2.05, 4.69) is 24.3 Å². The van der Waals surface area contributed by atoms with E-state index in [0.29, 0.717) is 12.3 Å². The molecule has 28 heavy (non-hydrogen) atoms. The van der Waals surface area contributed by atoms with E-state index in [1.165, 1.54) is 33.6 Å². The Morgan fingerprint density at radius 1 is 1.04 bits per heavy atom. The number of amides is 1. The van der Waals surface area contributed by atoms with Gasteiger partial charge in [0.2, 0.25) is 0 Å². The number of nitrogens with zero attached hydrogens (tertiary/aromatic N) is 1. The number of carbonyl (C=O) groups excluding carboxylic acids is 2. The lowest BCUT2D eigenvalue weighted by molar-refractivity contribution is -0.139. The number of benzene rings is 2. The Labute approximate surface area is 164 Å². The van der Waals surface area contributed by atoms with Gasteiger partial charge in [0.1, 0.15) is 12.6 Å². The normalized spacial score (nSPS) is 21.1. The molecule has 0 spiro atoms. The van der Waals surface area contributed by atoms with Gasteiger partial charge in [0.05, 0.1) is 0 Å². The van der Waals surface area contributed by atoms with Gasteiger partial charge in [0, 0.05) is 5.92 Å². The minimum Gasteiger partial charge on any atom is -0.448 e. The van der Waals surface area contributed by atoms with Crippen molar-refractivity contribution in [3.8, 4) is 11.1 Å². The largest absolute Gasteiger partial charge is 0.448 e. The second-order valence-corrected chi connectivity index (χ2v) is 7.91. The number of hydrogen-bond donors (Lipinski definition) is 0. The standard InChI is InChI=1S/C23H23NO4/c25-22-21(12-15-6-5-7-15)24(14-28-22)23(26)27-13-20-18-10-3-1-8-16(18)17-9-2-4-11-19(17)20/h1-4,8-11,15,20-21H,5-7,12-14H2/t21-/m0/s1. The van der Waals surface area contributed by atoms with Crippen LogP contribution in [0.3, 0.4) is 0 Å². The molecule has 0 radical (unpaired) electrons. The first-order valence-corrected chi connectivity index (χ1v) is 10.0. The lowest BCUT2D eigenvalue weighted by Crippen LogP contribution is -2.41. The van der Waals surface area contributed by atoms with Gasteiger partial charge in [0.25, 0.3) is 0 Å². The number of esters is 1. The first-order chi connectivity index (χ1) is 13.7. The average molecular weight is 377 g/mol. The van der Waals surface area contributed by atoms with Crippen molar-refractivity contribution in [1.29, 1.82) is 0 Å². The van der Waals surface area contributed by atoms with Crippen LogP contribution in [-0.2, 0) is 14.3 Å². The lowest BCUT2D eigenvalue weighted by atomic mass is 9.81.